The number of Topliss-reactive ketones (excluding diaryl/α,β-unsaturated/α-hetero) is 1. The first-order valence-electron chi connectivity index (χ1n) is 7.37. The summed E-state index contributed by atoms with van der Waals surface area (Å²) in [5, 5.41) is 2.51. The van der Waals surface area contributed by atoms with Gasteiger partial charge >= 0.3 is 0 Å². The average molecular weight is 363 g/mol. The third-order valence-electron chi connectivity index (χ3n) is 3.79. The normalized spacial score (nSPS) is 10.9. The molecule has 0 amide bonds. The van der Waals surface area contributed by atoms with Crippen LogP contribution in [-0.2, 0) is 0 Å². The van der Waals surface area contributed by atoms with Crippen molar-refractivity contribution in [1.29, 1.82) is 0 Å². The summed E-state index contributed by atoms with van der Waals surface area (Å²) in [7, 11) is 0. The van der Waals surface area contributed by atoms with Gasteiger partial charge in [0.05, 0.1) is 21.6 Å². The Morgan fingerprint density at radius 3 is 2.52 bits per heavy atom. The molecule has 25 heavy (non-hydrogen) atoms. The Morgan fingerprint density at radius 1 is 1.16 bits per heavy atom. The minimum atomic E-state index is -0.809. The maximum atomic E-state index is 14.1. The Balaban J connectivity index is 2.32. The Morgan fingerprint density at radius 2 is 1.84 bits per heavy atom. The third kappa shape index (κ3) is 3.00. The van der Waals surface area contributed by atoms with Crippen LogP contribution in [0.5, 0.6) is 0 Å². The number of carbonyl (C=O) groups is 1. The van der Waals surface area contributed by atoms with Crippen molar-refractivity contribution in [1.82, 2.24) is 4.98 Å². The molecule has 0 saturated heterocycles. The van der Waals surface area contributed by atoms with E-state index in [2.05, 4.69) is 10.3 Å². The minimum Gasteiger partial charge on any atom is -0.339 e. The highest BCUT2D eigenvalue weighted by atomic mass is 35.5. The zero-order valence-electron chi connectivity index (χ0n) is 13.3. The van der Waals surface area contributed by atoms with E-state index >= 15 is 0 Å². The van der Waals surface area contributed by atoms with Gasteiger partial charge in [0.2, 0.25) is 5.43 Å². The topological polar surface area (TPSA) is 62.0 Å². The second-order valence-electron chi connectivity index (χ2n) is 5.65. The monoisotopic (exact) mass is 362 g/mol. The second kappa shape index (κ2) is 6.29. The number of benzene rings is 2. The van der Waals surface area contributed by atoms with Gasteiger partial charge in [0, 0.05) is 0 Å². The van der Waals surface area contributed by atoms with Crippen molar-refractivity contribution in [3.8, 4) is 0 Å². The molecule has 0 spiro atoms. The molecule has 2 N–H and O–H groups in total. The Bertz CT molecular complexity index is 1080. The molecule has 0 atom stereocenters. The molecule has 3 aromatic rings. The van der Waals surface area contributed by atoms with E-state index in [4.69, 9.17) is 11.6 Å². The Hall–Kier alpha value is -2.73. The first-order chi connectivity index (χ1) is 11.8. The fourth-order valence-electron chi connectivity index (χ4n) is 2.62. The predicted molar refractivity (Wildman–Crippen MR) is 94.0 cm³/mol. The van der Waals surface area contributed by atoms with Crippen LogP contribution in [0.1, 0.15) is 22.8 Å². The molecular formula is C18H13ClF2N2O2. The van der Waals surface area contributed by atoms with E-state index in [0.29, 0.717) is 0 Å². The van der Waals surface area contributed by atoms with Gasteiger partial charge in [-0.1, -0.05) is 17.7 Å². The molecule has 0 aliphatic carbocycles. The lowest BCUT2D eigenvalue weighted by molar-refractivity contribution is 0.101. The Kier molecular flexibility index (Phi) is 4.30. The smallest absolute Gasteiger partial charge is 0.205 e. The number of hydrogen-bond acceptors (Lipinski definition) is 3. The maximum absolute atomic E-state index is 14.1. The number of ketones is 1. The van der Waals surface area contributed by atoms with Crippen molar-refractivity contribution >= 4 is 39.8 Å². The van der Waals surface area contributed by atoms with Crippen molar-refractivity contribution in [3.63, 3.8) is 0 Å². The van der Waals surface area contributed by atoms with Crippen molar-refractivity contribution in [3.05, 3.63) is 68.3 Å². The van der Waals surface area contributed by atoms with Gasteiger partial charge in [-0.3, -0.25) is 9.59 Å². The van der Waals surface area contributed by atoms with Crippen LogP contribution in [0, 0.1) is 18.6 Å². The zero-order chi connectivity index (χ0) is 18.3. The van der Waals surface area contributed by atoms with Crippen molar-refractivity contribution in [2.75, 3.05) is 5.32 Å². The van der Waals surface area contributed by atoms with Crippen LogP contribution in [0.4, 0.5) is 20.3 Å². The van der Waals surface area contributed by atoms with Crippen LogP contribution < -0.4 is 10.7 Å². The highest BCUT2D eigenvalue weighted by Crippen LogP contribution is 2.27. The molecule has 0 unspecified atom stereocenters. The largest absolute Gasteiger partial charge is 0.339 e. The summed E-state index contributed by atoms with van der Waals surface area (Å²) < 4.78 is 28.1. The lowest BCUT2D eigenvalue weighted by Crippen LogP contribution is -2.19. The number of fused-ring (bicyclic) bond motifs is 1. The van der Waals surface area contributed by atoms with Gasteiger partial charge in [-0.05, 0) is 43.7 Å². The molecule has 1 heterocycles. The number of aryl methyl sites for hydroxylation is 1. The van der Waals surface area contributed by atoms with E-state index in [1.807, 2.05) is 0 Å². The summed E-state index contributed by atoms with van der Waals surface area (Å²) in [6, 6.07) is 6.71. The fraction of sp³-hybridized carbons (Fsp3) is 0.111. The van der Waals surface area contributed by atoms with Gasteiger partial charge in [-0.15, -0.1) is 0 Å². The zero-order valence-corrected chi connectivity index (χ0v) is 14.1. The summed E-state index contributed by atoms with van der Waals surface area (Å²) in [4.78, 5) is 27.3. The van der Waals surface area contributed by atoms with Crippen LogP contribution in [0.2, 0.25) is 5.02 Å². The second-order valence-corrected chi connectivity index (χ2v) is 6.06. The number of halogens is 3. The molecule has 0 bridgehead atoms. The molecule has 7 heteroatoms. The van der Waals surface area contributed by atoms with Crippen molar-refractivity contribution < 1.29 is 13.6 Å². The highest BCUT2D eigenvalue weighted by molar-refractivity contribution is 6.35. The number of carbonyl (C=O) groups excluding carboxylic acids is 1. The van der Waals surface area contributed by atoms with E-state index in [-0.39, 0.29) is 33.0 Å². The number of rotatable bonds is 3. The molecule has 0 aliphatic heterocycles. The quantitative estimate of drug-likeness (QED) is 0.663. The molecule has 0 saturated carbocycles. The number of aromatic amines is 1. The van der Waals surface area contributed by atoms with E-state index in [0.717, 1.165) is 11.6 Å². The lowest BCUT2D eigenvalue weighted by Gasteiger charge is -2.14. The van der Waals surface area contributed by atoms with E-state index in [9.17, 15) is 18.4 Å². The molecule has 3 rings (SSSR count). The van der Waals surface area contributed by atoms with Crippen LogP contribution in [0.3, 0.4) is 0 Å². The van der Waals surface area contributed by atoms with Crippen LogP contribution >= 0.6 is 11.6 Å². The number of anilines is 2. The van der Waals surface area contributed by atoms with E-state index in [1.54, 1.807) is 13.0 Å². The number of hydrogen-bond donors (Lipinski definition) is 2. The minimum absolute atomic E-state index is 0.0345. The highest BCUT2D eigenvalue weighted by Gasteiger charge is 2.20. The van der Waals surface area contributed by atoms with Gasteiger partial charge in [-0.25, -0.2) is 8.78 Å². The molecular weight excluding hydrogens is 350 g/mol. The van der Waals surface area contributed by atoms with Crippen molar-refractivity contribution in [2.24, 2.45) is 0 Å². The molecule has 0 radical (unpaired) electrons. The standard InChI is InChI=1S/C18H13ClF2N2O2/c1-8-3-5-11(20)13(7-8)22-18-14(9(2)24)17(25)15-12(21)6-4-10(19)16(15)23-18/h3-7H,1-2H3,(H2,22,23,25). The summed E-state index contributed by atoms with van der Waals surface area (Å²) >= 11 is 6.04. The predicted octanol–water partition coefficient (Wildman–Crippen LogP) is 4.71. The Labute approximate surface area is 146 Å². The van der Waals surface area contributed by atoms with Gasteiger partial charge in [0.15, 0.2) is 5.78 Å². The number of aromatic nitrogens is 1. The SMILES string of the molecule is CC(=O)c1c(Nc2cc(C)ccc2F)[nH]c2c(Cl)ccc(F)c2c1=O. The van der Waals surface area contributed by atoms with Crippen LogP contribution in [0.25, 0.3) is 10.9 Å². The first-order valence-corrected chi connectivity index (χ1v) is 7.75. The fourth-order valence-corrected chi connectivity index (χ4v) is 2.83. The maximum Gasteiger partial charge on any atom is 0.205 e. The summed E-state index contributed by atoms with van der Waals surface area (Å²) in [5.41, 5.74) is -0.218. The number of nitrogens with one attached hydrogen (secondary N) is 2. The summed E-state index contributed by atoms with van der Waals surface area (Å²) in [6.07, 6.45) is 0. The molecule has 1 aromatic heterocycles. The average Bonchev–Trinajstić information content (AvgIpc) is 2.54. The van der Waals surface area contributed by atoms with E-state index in [1.165, 1.54) is 25.1 Å². The molecule has 2 aromatic carbocycles. The lowest BCUT2D eigenvalue weighted by atomic mass is 10.1. The van der Waals surface area contributed by atoms with E-state index < -0.39 is 22.8 Å². The summed E-state index contributed by atoms with van der Waals surface area (Å²) in [6.45, 7) is 2.95. The summed E-state index contributed by atoms with van der Waals surface area (Å²) in [5.74, 6) is -1.98. The van der Waals surface area contributed by atoms with Crippen LogP contribution in [-0.4, -0.2) is 10.8 Å². The molecule has 4 nitrogen and oxygen atoms in total. The van der Waals surface area contributed by atoms with Crippen LogP contribution in [0.15, 0.2) is 35.1 Å². The number of H-pyrrole nitrogens is 1. The first kappa shape index (κ1) is 17.1. The number of pyridine rings is 1. The third-order valence-corrected chi connectivity index (χ3v) is 4.11. The van der Waals surface area contributed by atoms with Gasteiger partial charge in [0.1, 0.15) is 23.0 Å². The van der Waals surface area contributed by atoms with Gasteiger partial charge < -0.3 is 10.3 Å². The van der Waals surface area contributed by atoms with Crippen molar-refractivity contribution in [2.45, 2.75) is 13.8 Å². The van der Waals surface area contributed by atoms with Gasteiger partial charge in [-0.2, -0.15) is 0 Å². The molecule has 0 fully saturated rings. The molecule has 128 valence electrons. The van der Waals surface area contributed by atoms with Gasteiger partial charge in [0.25, 0.3) is 0 Å². The molecule has 0 aliphatic rings.